The molecule has 1 unspecified atom stereocenters. The van der Waals surface area contributed by atoms with E-state index in [-0.39, 0.29) is 28.4 Å². The van der Waals surface area contributed by atoms with Crippen LogP contribution in [0.25, 0.3) is 0 Å². The number of likely N-dealkylation sites (tertiary alicyclic amines) is 1. The Morgan fingerprint density at radius 2 is 2.14 bits per heavy atom. The van der Waals surface area contributed by atoms with Gasteiger partial charge < -0.3 is 15.1 Å². The minimum absolute atomic E-state index is 0.120. The van der Waals surface area contributed by atoms with Gasteiger partial charge in [0.2, 0.25) is 11.9 Å². The molecule has 0 aliphatic carbocycles. The second-order valence-electron chi connectivity index (χ2n) is 6.46. The van der Waals surface area contributed by atoms with Gasteiger partial charge in [0.15, 0.2) is 10.8 Å². The predicted octanol–water partition coefficient (Wildman–Crippen LogP) is 2.92. The number of hydrogen-bond acceptors (Lipinski definition) is 7. The van der Waals surface area contributed by atoms with E-state index < -0.39 is 0 Å². The number of carbonyl (C=O) groups excluding carboxylic acids is 2. The lowest BCUT2D eigenvalue weighted by molar-refractivity contribution is -0.121. The topological polar surface area (TPSA) is 91.3 Å². The monoisotopic (exact) mass is 422 g/mol. The highest BCUT2D eigenvalue weighted by atomic mass is 35.5. The van der Waals surface area contributed by atoms with Crippen molar-refractivity contribution in [2.24, 2.45) is 5.92 Å². The van der Waals surface area contributed by atoms with Crippen LogP contribution in [0.3, 0.4) is 0 Å². The van der Waals surface area contributed by atoms with Crippen molar-refractivity contribution < 1.29 is 9.59 Å². The van der Waals surface area contributed by atoms with E-state index in [4.69, 9.17) is 11.6 Å². The summed E-state index contributed by atoms with van der Waals surface area (Å²) in [5, 5.41) is 5.40. The van der Waals surface area contributed by atoms with Crippen molar-refractivity contribution in [2.45, 2.75) is 26.7 Å². The summed E-state index contributed by atoms with van der Waals surface area (Å²) in [5.41, 5.74) is 0.180. The average Bonchev–Trinajstić information content (AvgIpc) is 3.22. The lowest BCUT2D eigenvalue weighted by atomic mass is 9.97. The number of carbonyl (C=O) groups is 2. The number of amides is 2. The summed E-state index contributed by atoms with van der Waals surface area (Å²) < 4.78 is 0. The van der Waals surface area contributed by atoms with Crippen molar-refractivity contribution >= 4 is 45.8 Å². The van der Waals surface area contributed by atoms with Gasteiger partial charge in [0, 0.05) is 37.8 Å². The third-order valence-electron chi connectivity index (χ3n) is 4.72. The molecule has 0 radical (unpaired) electrons. The standard InChI is InChI=1S/C18H23ClN6O2S/c1-3-24(4-2)17-21-10-13(19)14(22-17)16(27)25-8-5-6-12(11-25)15(26)23-18-20-7-9-28-18/h7,9-10,12H,3-6,8,11H2,1-2H3,(H,20,23,26). The van der Waals surface area contributed by atoms with Gasteiger partial charge in [-0.15, -0.1) is 11.3 Å². The normalized spacial score (nSPS) is 16.7. The van der Waals surface area contributed by atoms with Gasteiger partial charge in [0.05, 0.1) is 17.1 Å². The summed E-state index contributed by atoms with van der Waals surface area (Å²) in [6, 6.07) is 0. The minimum Gasteiger partial charge on any atom is -0.341 e. The Morgan fingerprint density at radius 3 is 2.82 bits per heavy atom. The van der Waals surface area contributed by atoms with Crippen LogP contribution in [0.5, 0.6) is 0 Å². The van der Waals surface area contributed by atoms with Gasteiger partial charge in [-0.05, 0) is 26.7 Å². The van der Waals surface area contributed by atoms with E-state index in [9.17, 15) is 9.59 Å². The molecule has 1 saturated heterocycles. The lowest BCUT2D eigenvalue weighted by Gasteiger charge is -2.32. The van der Waals surface area contributed by atoms with E-state index in [1.807, 2.05) is 18.7 Å². The molecule has 1 atom stereocenters. The molecule has 3 heterocycles. The van der Waals surface area contributed by atoms with Crippen molar-refractivity contribution in [2.75, 3.05) is 36.4 Å². The van der Waals surface area contributed by atoms with Crippen LogP contribution in [-0.2, 0) is 4.79 Å². The van der Waals surface area contributed by atoms with Crippen molar-refractivity contribution in [1.82, 2.24) is 19.9 Å². The first-order chi connectivity index (χ1) is 13.5. The summed E-state index contributed by atoms with van der Waals surface area (Å²) >= 11 is 7.58. The van der Waals surface area contributed by atoms with Crippen molar-refractivity contribution in [3.8, 4) is 0 Å². The zero-order valence-electron chi connectivity index (χ0n) is 15.9. The first-order valence-corrected chi connectivity index (χ1v) is 10.6. The number of aromatic nitrogens is 3. The SMILES string of the molecule is CCN(CC)c1ncc(Cl)c(C(=O)N2CCCC(C(=O)Nc3nccs3)C2)n1. The first-order valence-electron chi connectivity index (χ1n) is 9.30. The number of piperidine rings is 1. The maximum Gasteiger partial charge on any atom is 0.274 e. The Bertz CT molecular complexity index is 827. The average molecular weight is 423 g/mol. The van der Waals surface area contributed by atoms with Crippen LogP contribution in [0.2, 0.25) is 5.02 Å². The van der Waals surface area contributed by atoms with E-state index in [1.54, 1.807) is 16.5 Å². The Labute approximate surface area is 172 Å². The number of hydrogen-bond donors (Lipinski definition) is 1. The van der Waals surface area contributed by atoms with Crippen LogP contribution in [0.1, 0.15) is 37.2 Å². The number of thiazole rings is 1. The molecule has 1 aliphatic heterocycles. The van der Waals surface area contributed by atoms with Crippen LogP contribution in [0.15, 0.2) is 17.8 Å². The molecule has 1 N–H and O–H groups in total. The molecule has 8 nitrogen and oxygen atoms in total. The lowest BCUT2D eigenvalue weighted by Crippen LogP contribution is -2.44. The molecule has 2 aromatic heterocycles. The number of nitrogens with zero attached hydrogens (tertiary/aromatic N) is 5. The summed E-state index contributed by atoms with van der Waals surface area (Å²) in [4.78, 5) is 41.9. The van der Waals surface area contributed by atoms with Gasteiger partial charge in [0.1, 0.15) is 0 Å². The van der Waals surface area contributed by atoms with E-state index >= 15 is 0 Å². The fraction of sp³-hybridized carbons (Fsp3) is 0.500. The maximum absolute atomic E-state index is 13.0. The molecule has 1 aliphatic rings. The Hall–Kier alpha value is -2.26. The van der Waals surface area contributed by atoms with Gasteiger partial charge in [-0.25, -0.2) is 15.0 Å². The molecule has 3 rings (SSSR count). The highest BCUT2D eigenvalue weighted by molar-refractivity contribution is 7.13. The van der Waals surface area contributed by atoms with E-state index in [0.717, 1.165) is 25.9 Å². The minimum atomic E-state index is -0.288. The van der Waals surface area contributed by atoms with E-state index in [1.165, 1.54) is 17.5 Å². The second kappa shape index (κ2) is 9.29. The molecule has 2 aromatic rings. The first kappa shape index (κ1) is 20.5. The smallest absolute Gasteiger partial charge is 0.274 e. The molecule has 150 valence electrons. The van der Waals surface area contributed by atoms with Crippen molar-refractivity contribution in [1.29, 1.82) is 0 Å². The summed E-state index contributed by atoms with van der Waals surface area (Å²) in [6.07, 6.45) is 4.57. The van der Waals surface area contributed by atoms with Crippen molar-refractivity contribution in [3.05, 3.63) is 28.5 Å². The Kier molecular flexibility index (Phi) is 6.79. The van der Waals surface area contributed by atoms with Crippen LogP contribution < -0.4 is 10.2 Å². The number of anilines is 2. The molecule has 10 heteroatoms. The van der Waals surface area contributed by atoms with E-state index in [2.05, 4.69) is 20.3 Å². The Balaban J connectivity index is 1.73. The highest BCUT2D eigenvalue weighted by Crippen LogP contribution is 2.24. The molecule has 2 amide bonds. The number of nitrogens with one attached hydrogen (secondary N) is 1. The third-order valence-corrected chi connectivity index (χ3v) is 5.69. The molecular formula is C18H23ClN6O2S. The predicted molar refractivity (Wildman–Crippen MR) is 110 cm³/mol. The highest BCUT2D eigenvalue weighted by Gasteiger charge is 2.31. The quantitative estimate of drug-likeness (QED) is 0.769. The number of rotatable bonds is 6. The fourth-order valence-electron chi connectivity index (χ4n) is 3.18. The molecule has 0 saturated carbocycles. The van der Waals surface area contributed by atoms with Crippen LogP contribution >= 0.6 is 22.9 Å². The third kappa shape index (κ3) is 4.59. The summed E-state index contributed by atoms with van der Waals surface area (Å²) in [5.74, 6) is -0.199. The zero-order chi connectivity index (χ0) is 20.1. The van der Waals surface area contributed by atoms with E-state index in [0.29, 0.717) is 24.2 Å². The van der Waals surface area contributed by atoms with Gasteiger partial charge in [-0.1, -0.05) is 11.6 Å². The van der Waals surface area contributed by atoms with Crippen molar-refractivity contribution in [3.63, 3.8) is 0 Å². The summed E-state index contributed by atoms with van der Waals surface area (Å²) in [6.45, 7) is 6.36. The zero-order valence-corrected chi connectivity index (χ0v) is 17.5. The molecule has 1 fully saturated rings. The summed E-state index contributed by atoms with van der Waals surface area (Å²) in [7, 11) is 0. The molecule has 0 bridgehead atoms. The van der Waals surface area contributed by atoms with Gasteiger partial charge in [-0.2, -0.15) is 0 Å². The molecule has 0 aromatic carbocycles. The van der Waals surface area contributed by atoms with Gasteiger partial charge in [0.25, 0.3) is 5.91 Å². The van der Waals surface area contributed by atoms with Crippen LogP contribution in [0.4, 0.5) is 11.1 Å². The molecule has 0 spiro atoms. The largest absolute Gasteiger partial charge is 0.341 e. The fourth-order valence-corrected chi connectivity index (χ4v) is 3.89. The maximum atomic E-state index is 13.0. The number of halogens is 1. The second-order valence-corrected chi connectivity index (χ2v) is 7.76. The molecular weight excluding hydrogens is 400 g/mol. The Morgan fingerprint density at radius 1 is 1.36 bits per heavy atom. The van der Waals surface area contributed by atoms with Gasteiger partial charge in [-0.3, -0.25) is 9.59 Å². The molecule has 28 heavy (non-hydrogen) atoms. The van der Waals surface area contributed by atoms with Gasteiger partial charge >= 0.3 is 0 Å². The van der Waals surface area contributed by atoms with Crippen LogP contribution in [-0.4, -0.2) is 57.8 Å². The van der Waals surface area contributed by atoms with Crippen LogP contribution in [0, 0.1) is 5.92 Å².